The van der Waals surface area contributed by atoms with Crippen molar-refractivity contribution in [1.82, 2.24) is 4.98 Å². The van der Waals surface area contributed by atoms with E-state index in [9.17, 15) is 14.3 Å². The van der Waals surface area contributed by atoms with E-state index in [1.54, 1.807) is 12.1 Å². The van der Waals surface area contributed by atoms with Crippen LogP contribution < -0.4 is 44.9 Å². The monoisotopic (exact) mass is 441 g/mol. The zero-order chi connectivity index (χ0) is 21.8. The van der Waals surface area contributed by atoms with E-state index >= 15 is 0 Å². The zero-order valence-electron chi connectivity index (χ0n) is 18.5. The van der Waals surface area contributed by atoms with Gasteiger partial charge in [0, 0.05) is 36.6 Å². The summed E-state index contributed by atoms with van der Waals surface area (Å²) in [6, 6.07) is 15.1. The van der Waals surface area contributed by atoms with Gasteiger partial charge in [-0.2, -0.15) is 0 Å². The van der Waals surface area contributed by atoms with Crippen molar-refractivity contribution in [2.24, 2.45) is 0 Å². The summed E-state index contributed by atoms with van der Waals surface area (Å²) >= 11 is 0. The molecule has 1 N–H and O–H groups in total. The molecule has 0 fully saturated rings. The smallest absolute Gasteiger partial charge is 0.550 e. The predicted octanol–water partition coefficient (Wildman–Crippen LogP) is 0.912. The molecule has 3 aromatic rings. The summed E-state index contributed by atoms with van der Waals surface area (Å²) < 4.78 is 14.3. The molecule has 0 unspecified atom stereocenters. The van der Waals surface area contributed by atoms with Crippen molar-refractivity contribution in [3.05, 3.63) is 82.8 Å². The van der Waals surface area contributed by atoms with Gasteiger partial charge in [-0.15, -0.1) is 0 Å². The maximum absolute atomic E-state index is 14.3. The van der Waals surface area contributed by atoms with Gasteiger partial charge in [0.25, 0.3) is 0 Å². The molecule has 0 atom stereocenters. The number of nitrogens with zero attached hydrogens (tertiary/aromatic N) is 2. The summed E-state index contributed by atoms with van der Waals surface area (Å²) in [5, 5.41) is 13.9. The Hall–Kier alpha value is -2.41. The van der Waals surface area contributed by atoms with E-state index < -0.39 is 11.8 Å². The van der Waals surface area contributed by atoms with E-state index in [0.29, 0.717) is 17.8 Å². The van der Waals surface area contributed by atoms with Crippen molar-refractivity contribution in [2.45, 2.75) is 39.2 Å². The first-order valence-electron chi connectivity index (χ1n) is 10.5. The van der Waals surface area contributed by atoms with Gasteiger partial charge in [-0.05, 0) is 79.1 Å². The number of aryl methyl sites for hydroxylation is 2. The van der Waals surface area contributed by atoms with Gasteiger partial charge in [-0.3, -0.25) is 0 Å². The Morgan fingerprint density at radius 2 is 2.00 bits per heavy atom. The van der Waals surface area contributed by atoms with Crippen LogP contribution in [0.1, 0.15) is 35.1 Å². The SMILES string of the molecule is Cc1c(CNc2ccc(CCC(=O)[O-])c(F)c2)ccc2c1N(c1ccccn1)CCC2.[Na+]. The van der Waals surface area contributed by atoms with Gasteiger partial charge in [0.05, 0.1) is 0 Å². The minimum atomic E-state index is -1.18. The van der Waals surface area contributed by atoms with Gasteiger partial charge in [0.2, 0.25) is 0 Å². The normalized spacial score (nSPS) is 12.6. The average molecular weight is 441 g/mol. The number of benzene rings is 2. The molecule has 0 amide bonds. The number of hydrogen-bond donors (Lipinski definition) is 1. The van der Waals surface area contributed by atoms with Crippen LogP contribution in [-0.2, 0) is 24.2 Å². The first kappa shape index (κ1) is 24.2. The molecule has 160 valence electrons. The number of carboxylic acids is 1. The molecule has 0 aliphatic carbocycles. The number of halogens is 1. The van der Waals surface area contributed by atoms with Crippen LogP contribution in [0.15, 0.2) is 54.7 Å². The fourth-order valence-corrected chi connectivity index (χ4v) is 4.14. The minimum Gasteiger partial charge on any atom is -0.550 e. The number of pyridine rings is 1. The molecule has 1 aliphatic rings. The number of anilines is 3. The van der Waals surface area contributed by atoms with Crippen molar-refractivity contribution in [3.63, 3.8) is 0 Å². The standard InChI is InChI=1S/C25H26FN3O2.Na/c1-17-20(16-28-21-11-9-18(22(26)15-21)10-12-24(30)31)8-7-19-5-4-14-29(25(17)19)23-6-2-3-13-27-23;/h2-3,6-9,11,13,15,28H,4-5,10,12,14,16H2,1H3,(H,30,31);/q;+1/p-1. The summed E-state index contributed by atoms with van der Waals surface area (Å²) in [6.45, 7) is 3.62. The minimum absolute atomic E-state index is 0. The fraction of sp³-hybridized carbons (Fsp3) is 0.280. The first-order valence-corrected chi connectivity index (χ1v) is 10.5. The van der Waals surface area contributed by atoms with Crippen LogP contribution in [0.5, 0.6) is 0 Å². The second kappa shape index (κ2) is 10.9. The van der Waals surface area contributed by atoms with Crippen LogP contribution in [0.4, 0.5) is 21.6 Å². The molecule has 4 rings (SSSR count). The summed E-state index contributed by atoms with van der Waals surface area (Å²) in [4.78, 5) is 17.4. The number of aromatic nitrogens is 1. The van der Waals surface area contributed by atoms with Crippen LogP contribution >= 0.6 is 0 Å². The summed E-state index contributed by atoms with van der Waals surface area (Å²) in [5.41, 5.74) is 5.91. The van der Waals surface area contributed by atoms with Crippen molar-refractivity contribution < 1.29 is 43.8 Å². The van der Waals surface area contributed by atoms with E-state index in [1.165, 1.54) is 22.9 Å². The third-order valence-electron chi connectivity index (χ3n) is 5.78. The van der Waals surface area contributed by atoms with Crippen LogP contribution in [0.25, 0.3) is 0 Å². The maximum Gasteiger partial charge on any atom is 1.00 e. The van der Waals surface area contributed by atoms with Gasteiger partial charge in [-0.25, -0.2) is 9.37 Å². The van der Waals surface area contributed by atoms with E-state index in [0.717, 1.165) is 30.8 Å². The number of carboxylic acid groups (broad SMARTS) is 1. The number of rotatable bonds is 7. The Morgan fingerprint density at radius 1 is 1.19 bits per heavy atom. The Labute approximate surface area is 210 Å². The number of hydrogen-bond acceptors (Lipinski definition) is 5. The Bertz CT molecular complexity index is 1090. The van der Waals surface area contributed by atoms with Crippen molar-refractivity contribution in [2.75, 3.05) is 16.8 Å². The van der Waals surface area contributed by atoms with Crippen LogP contribution in [-0.4, -0.2) is 17.5 Å². The quantitative estimate of drug-likeness (QED) is 0.552. The van der Waals surface area contributed by atoms with Crippen LogP contribution in [0.2, 0.25) is 0 Å². The Kier molecular flexibility index (Phi) is 8.29. The van der Waals surface area contributed by atoms with Gasteiger partial charge in [0.1, 0.15) is 11.6 Å². The number of carbonyl (C=O) groups is 1. The molecule has 1 aromatic heterocycles. The topological polar surface area (TPSA) is 68.3 Å². The number of carbonyl (C=O) groups excluding carboxylic acids is 1. The summed E-state index contributed by atoms with van der Waals surface area (Å²) in [7, 11) is 0. The second-order valence-corrected chi connectivity index (χ2v) is 7.83. The van der Waals surface area contributed by atoms with E-state index in [4.69, 9.17) is 0 Å². The Morgan fingerprint density at radius 3 is 2.72 bits per heavy atom. The molecule has 2 aromatic carbocycles. The molecule has 0 radical (unpaired) electrons. The van der Waals surface area contributed by atoms with Crippen molar-refractivity contribution in [3.8, 4) is 0 Å². The third-order valence-corrected chi connectivity index (χ3v) is 5.78. The number of aliphatic carboxylic acids is 1. The second-order valence-electron chi connectivity index (χ2n) is 7.83. The summed E-state index contributed by atoms with van der Waals surface area (Å²) in [5.74, 6) is -0.634. The molecule has 7 heteroatoms. The van der Waals surface area contributed by atoms with Gasteiger partial charge in [0.15, 0.2) is 0 Å². The molecule has 0 bridgehead atoms. The molecule has 0 spiro atoms. The van der Waals surface area contributed by atoms with Gasteiger partial charge < -0.3 is 20.1 Å². The average Bonchev–Trinajstić information content (AvgIpc) is 2.78. The van der Waals surface area contributed by atoms with E-state index in [2.05, 4.69) is 34.3 Å². The third kappa shape index (κ3) is 5.49. The molecular formula is C25H25FN3NaO2. The molecule has 32 heavy (non-hydrogen) atoms. The van der Waals surface area contributed by atoms with Crippen LogP contribution in [0, 0.1) is 12.7 Å². The number of fused-ring (bicyclic) bond motifs is 1. The van der Waals surface area contributed by atoms with Crippen molar-refractivity contribution in [1.29, 1.82) is 0 Å². The van der Waals surface area contributed by atoms with Crippen LogP contribution in [0.3, 0.4) is 0 Å². The predicted molar refractivity (Wildman–Crippen MR) is 118 cm³/mol. The summed E-state index contributed by atoms with van der Waals surface area (Å²) in [6.07, 6.45) is 3.89. The van der Waals surface area contributed by atoms with Crippen molar-refractivity contribution >= 4 is 23.2 Å². The molecular weight excluding hydrogens is 416 g/mol. The molecule has 0 saturated carbocycles. The van der Waals surface area contributed by atoms with Gasteiger partial charge in [-0.1, -0.05) is 24.3 Å². The van der Waals surface area contributed by atoms with E-state index in [-0.39, 0.29) is 42.4 Å². The van der Waals surface area contributed by atoms with E-state index in [1.807, 2.05) is 24.4 Å². The number of nitrogens with one attached hydrogen (secondary N) is 1. The zero-order valence-corrected chi connectivity index (χ0v) is 20.5. The largest absolute Gasteiger partial charge is 1.00 e. The van der Waals surface area contributed by atoms with Gasteiger partial charge >= 0.3 is 29.6 Å². The molecule has 2 heterocycles. The molecule has 0 saturated heterocycles. The fourth-order valence-electron chi connectivity index (χ4n) is 4.14. The first-order chi connectivity index (χ1) is 15.0. The Balaban J connectivity index is 0.00000289. The molecule has 1 aliphatic heterocycles. The maximum atomic E-state index is 14.3. The molecule has 5 nitrogen and oxygen atoms in total.